The number of aromatic nitrogens is 2. The molecule has 0 spiro atoms. The van der Waals surface area contributed by atoms with Gasteiger partial charge in [-0.1, -0.05) is 19.9 Å². The van der Waals surface area contributed by atoms with Crippen LogP contribution in [-0.2, 0) is 9.59 Å². The minimum Gasteiger partial charge on any atom is -0.489 e. The number of carbonyl (C=O) groups excluding carboxylic acids is 2. The summed E-state index contributed by atoms with van der Waals surface area (Å²) in [5.41, 5.74) is 0.787. The van der Waals surface area contributed by atoms with Crippen molar-refractivity contribution in [2.75, 3.05) is 31.6 Å². The lowest BCUT2D eigenvalue weighted by molar-refractivity contribution is -0.132. The number of benzene rings is 1. The van der Waals surface area contributed by atoms with Gasteiger partial charge in [-0.2, -0.15) is 13.2 Å². The Kier molecular flexibility index (Phi) is 7.30. The molecule has 2 aromatic rings. The number of hydrogen-bond donors (Lipinski definition) is 0. The van der Waals surface area contributed by atoms with Crippen molar-refractivity contribution in [1.82, 2.24) is 14.3 Å². The van der Waals surface area contributed by atoms with Crippen LogP contribution in [0.15, 0.2) is 18.2 Å². The molecule has 34 heavy (non-hydrogen) atoms. The number of amides is 2. The molecule has 4 rings (SSSR count). The fraction of sp³-hybridized carbons (Fsp3) is 0.565. The molecule has 2 aliphatic rings. The molecule has 2 amide bonds. The van der Waals surface area contributed by atoms with Crippen LogP contribution in [0.4, 0.5) is 13.9 Å². The third-order valence-electron chi connectivity index (χ3n) is 5.98. The van der Waals surface area contributed by atoms with Gasteiger partial charge in [-0.25, -0.2) is 4.98 Å². The van der Waals surface area contributed by atoms with Crippen molar-refractivity contribution in [1.29, 1.82) is 0 Å². The molecule has 1 atom stereocenters. The van der Waals surface area contributed by atoms with Crippen LogP contribution in [0.25, 0.3) is 0 Å². The van der Waals surface area contributed by atoms with Crippen molar-refractivity contribution in [3.8, 4) is 11.5 Å². The summed E-state index contributed by atoms with van der Waals surface area (Å²) in [7, 11) is 1.62. The maximum atomic E-state index is 12.8. The normalized spacial score (nSPS) is 18.1. The van der Waals surface area contributed by atoms with E-state index in [-0.39, 0.29) is 48.1 Å². The number of rotatable bonds is 10. The van der Waals surface area contributed by atoms with Gasteiger partial charge in [0.1, 0.15) is 12.4 Å². The first-order valence-electron chi connectivity index (χ1n) is 11.3. The predicted molar refractivity (Wildman–Crippen MR) is 123 cm³/mol. The molecule has 1 aromatic heterocycles. The second-order valence-electron chi connectivity index (χ2n) is 9.06. The van der Waals surface area contributed by atoms with E-state index in [9.17, 15) is 18.4 Å². The molecule has 0 radical (unpaired) electrons. The highest BCUT2D eigenvalue weighted by Gasteiger charge is 2.33. The Morgan fingerprint density at radius 1 is 1.29 bits per heavy atom. The second kappa shape index (κ2) is 10.2. The number of hydrogen-bond acceptors (Lipinski definition) is 7. The molecule has 0 bridgehead atoms. The lowest BCUT2D eigenvalue weighted by Crippen LogP contribution is -2.39. The van der Waals surface area contributed by atoms with Crippen LogP contribution in [0.3, 0.4) is 0 Å². The summed E-state index contributed by atoms with van der Waals surface area (Å²) < 4.78 is 40.2. The highest BCUT2D eigenvalue weighted by molar-refractivity contribution is 7.09. The van der Waals surface area contributed by atoms with Crippen LogP contribution in [0.5, 0.6) is 11.5 Å². The number of likely N-dealkylation sites (N-methyl/N-ethyl adjacent to an activating group) is 1. The maximum Gasteiger partial charge on any atom is 0.387 e. The summed E-state index contributed by atoms with van der Waals surface area (Å²) in [6.45, 7) is 1.73. The van der Waals surface area contributed by atoms with Gasteiger partial charge < -0.3 is 14.4 Å². The van der Waals surface area contributed by atoms with Gasteiger partial charge in [-0.15, -0.1) is 0 Å². The van der Waals surface area contributed by atoms with Crippen LogP contribution < -0.4 is 14.4 Å². The summed E-state index contributed by atoms with van der Waals surface area (Å²) in [5.74, 6) is 0.942. The summed E-state index contributed by atoms with van der Waals surface area (Å²) in [6, 6.07) is 4.80. The summed E-state index contributed by atoms with van der Waals surface area (Å²) >= 11 is 1.15. The van der Waals surface area contributed by atoms with E-state index in [4.69, 9.17) is 4.74 Å². The van der Waals surface area contributed by atoms with Crippen LogP contribution in [-0.4, -0.2) is 59.4 Å². The molecule has 0 N–H and O–H groups in total. The maximum absolute atomic E-state index is 12.8. The standard InChI is InChI=1S/C23H28F2N4O4S/c1-13(2)21-26-23(34-27-21)28(3)20(31)11-29-10-16(9-19(29)30)15-6-7-17(33-22(24)25)18(8-15)32-12-14-4-5-14/h6-8,13-14,16,22H,4-5,9-12H2,1-3H3/t16-/m1/s1. The van der Waals surface area contributed by atoms with E-state index in [1.807, 2.05) is 13.8 Å². The first kappa shape index (κ1) is 24.3. The zero-order chi connectivity index (χ0) is 24.4. The zero-order valence-corrected chi connectivity index (χ0v) is 20.2. The molecular formula is C23H28F2N4O4S. The van der Waals surface area contributed by atoms with Gasteiger partial charge >= 0.3 is 6.61 Å². The van der Waals surface area contributed by atoms with Crippen molar-refractivity contribution in [3.63, 3.8) is 0 Å². The molecule has 184 valence electrons. The largest absolute Gasteiger partial charge is 0.489 e. The first-order chi connectivity index (χ1) is 16.2. The van der Waals surface area contributed by atoms with Crippen molar-refractivity contribution in [2.24, 2.45) is 5.92 Å². The number of likely N-dealkylation sites (tertiary alicyclic amines) is 1. The predicted octanol–water partition coefficient (Wildman–Crippen LogP) is 4.03. The average Bonchev–Trinajstić information content (AvgIpc) is 3.35. The van der Waals surface area contributed by atoms with Crippen molar-refractivity contribution in [3.05, 3.63) is 29.6 Å². The molecule has 1 aliphatic heterocycles. The third-order valence-corrected chi connectivity index (χ3v) is 6.78. The van der Waals surface area contributed by atoms with E-state index in [1.54, 1.807) is 19.2 Å². The fourth-order valence-corrected chi connectivity index (χ4v) is 4.48. The fourth-order valence-electron chi connectivity index (χ4n) is 3.70. The van der Waals surface area contributed by atoms with Gasteiger partial charge in [0.05, 0.1) is 6.61 Å². The Balaban J connectivity index is 1.41. The van der Waals surface area contributed by atoms with Gasteiger partial charge in [0, 0.05) is 43.4 Å². The zero-order valence-electron chi connectivity index (χ0n) is 19.4. The SMILES string of the molecule is CC(C)c1nsc(N(C)C(=O)CN2C[C@H](c3ccc(OC(F)F)c(OCC4CC4)c3)CC2=O)n1. The van der Waals surface area contributed by atoms with E-state index in [0.717, 1.165) is 29.9 Å². The van der Waals surface area contributed by atoms with E-state index in [0.29, 0.717) is 30.0 Å². The number of anilines is 1. The second-order valence-corrected chi connectivity index (χ2v) is 9.79. The van der Waals surface area contributed by atoms with Crippen LogP contribution in [0.1, 0.15) is 56.3 Å². The lowest BCUT2D eigenvalue weighted by Gasteiger charge is -2.20. The molecule has 0 unspecified atom stereocenters. The summed E-state index contributed by atoms with van der Waals surface area (Å²) in [5, 5.41) is 0.490. The van der Waals surface area contributed by atoms with Gasteiger partial charge in [-0.3, -0.25) is 14.5 Å². The van der Waals surface area contributed by atoms with Crippen molar-refractivity contribution >= 4 is 28.5 Å². The molecule has 8 nitrogen and oxygen atoms in total. The van der Waals surface area contributed by atoms with Crippen molar-refractivity contribution in [2.45, 2.75) is 51.6 Å². The Hall–Kier alpha value is -2.82. The van der Waals surface area contributed by atoms with Crippen LogP contribution in [0, 0.1) is 5.92 Å². The number of alkyl halides is 2. The smallest absolute Gasteiger partial charge is 0.387 e. The number of halogens is 2. The van der Waals surface area contributed by atoms with Crippen molar-refractivity contribution < 1.29 is 27.8 Å². The Morgan fingerprint density at radius 3 is 2.71 bits per heavy atom. The van der Waals surface area contributed by atoms with Gasteiger partial charge in [-0.05, 0) is 36.5 Å². The van der Waals surface area contributed by atoms with Crippen LogP contribution in [0.2, 0.25) is 0 Å². The molecule has 2 fully saturated rings. The Morgan fingerprint density at radius 2 is 2.06 bits per heavy atom. The quantitative estimate of drug-likeness (QED) is 0.496. The molecule has 1 aromatic carbocycles. The topological polar surface area (TPSA) is 84.9 Å². The monoisotopic (exact) mass is 494 g/mol. The molecule has 1 saturated carbocycles. The molecule has 11 heteroatoms. The average molecular weight is 495 g/mol. The minimum atomic E-state index is -2.95. The molecule has 1 saturated heterocycles. The third kappa shape index (κ3) is 5.81. The Labute approximate surface area is 201 Å². The summed E-state index contributed by atoms with van der Waals surface area (Å²) in [6.07, 6.45) is 2.36. The minimum absolute atomic E-state index is 0.0183. The van der Waals surface area contributed by atoms with E-state index in [1.165, 1.54) is 15.9 Å². The van der Waals surface area contributed by atoms with Gasteiger partial charge in [0.25, 0.3) is 0 Å². The molecule has 1 aliphatic carbocycles. The highest BCUT2D eigenvalue weighted by Crippen LogP contribution is 2.37. The number of nitrogens with zero attached hydrogens (tertiary/aromatic N) is 4. The van der Waals surface area contributed by atoms with E-state index < -0.39 is 6.61 Å². The molecular weight excluding hydrogens is 466 g/mol. The van der Waals surface area contributed by atoms with E-state index >= 15 is 0 Å². The van der Waals surface area contributed by atoms with Gasteiger partial charge in [0.2, 0.25) is 16.9 Å². The summed E-state index contributed by atoms with van der Waals surface area (Å²) in [4.78, 5) is 32.8. The highest BCUT2D eigenvalue weighted by atomic mass is 32.1. The number of carbonyl (C=O) groups is 2. The van der Waals surface area contributed by atoms with Gasteiger partial charge in [0.15, 0.2) is 11.5 Å². The molecule has 2 heterocycles. The first-order valence-corrected chi connectivity index (χ1v) is 12.1. The lowest BCUT2D eigenvalue weighted by atomic mass is 9.98. The Bertz CT molecular complexity index is 1040. The van der Waals surface area contributed by atoms with E-state index in [2.05, 4.69) is 14.1 Å². The van der Waals surface area contributed by atoms with Crippen LogP contribution >= 0.6 is 11.5 Å². The number of ether oxygens (including phenoxy) is 2.